The second-order valence-corrected chi connectivity index (χ2v) is 4.90. The maximum atomic E-state index is 2.70. The van der Waals surface area contributed by atoms with E-state index in [4.69, 9.17) is 0 Å². The van der Waals surface area contributed by atoms with Crippen molar-refractivity contribution in [3.63, 3.8) is 0 Å². The molecule has 1 nitrogen and oxygen atoms in total. The molecule has 1 aliphatic rings. The third kappa shape index (κ3) is 3.61. The molecular formula is C13H27N. The van der Waals surface area contributed by atoms with Gasteiger partial charge in [0, 0.05) is 12.6 Å². The summed E-state index contributed by atoms with van der Waals surface area (Å²) >= 11 is 0. The fourth-order valence-corrected chi connectivity index (χ4v) is 2.51. The molecule has 0 aromatic rings. The third-order valence-electron chi connectivity index (χ3n) is 3.73. The molecule has 0 aromatic heterocycles. The van der Waals surface area contributed by atoms with Crippen molar-refractivity contribution in [1.29, 1.82) is 0 Å². The highest BCUT2D eigenvalue weighted by Gasteiger charge is 2.22. The van der Waals surface area contributed by atoms with Crippen LogP contribution < -0.4 is 0 Å². The Morgan fingerprint density at radius 2 is 2.14 bits per heavy atom. The quantitative estimate of drug-likeness (QED) is 0.628. The van der Waals surface area contributed by atoms with Crippen LogP contribution in [-0.4, -0.2) is 24.0 Å². The summed E-state index contributed by atoms with van der Waals surface area (Å²) in [5.41, 5.74) is 0. The first kappa shape index (κ1) is 12.0. The average Bonchev–Trinajstić information content (AvgIpc) is 2.59. The fourth-order valence-electron chi connectivity index (χ4n) is 2.51. The van der Waals surface area contributed by atoms with Crippen molar-refractivity contribution in [2.24, 2.45) is 5.92 Å². The van der Waals surface area contributed by atoms with Crippen LogP contribution in [0.15, 0.2) is 0 Å². The highest BCUT2D eigenvalue weighted by Crippen LogP contribution is 2.21. The van der Waals surface area contributed by atoms with Gasteiger partial charge in [-0.3, -0.25) is 0 Å². The lowest BCUT2D eigenvalue weighted by molar-refractivity contribution is 0.214. The minimum absolute atomic E-state index is 0.852. The Bertz CT molecular complexity index is 144. The van der Waals surface area contributed by atoms with E-state index in [-0.39, 0.29) is 0 Å². The molecule has 0 aromatic carbocycles. The number of unbranched alkanes of at least 4 members (excludes halogenated alkanes) is 1. The van der Waals surface area contributed by atoms with E-state index in [1.807, 2.05) is 0 Å². The summed E-state index contributed by atoms with van der Waals surface area (Å²) in [5, 5.41) is 0. The molecular weight excluding hydrogens is 170 g/mol. The Kier molecular flexibility index (Phi) is 5.54. The minimum Gasteiger partial charge on any atom is -0.300 e. The largest absolute Gasteiger partial charge is 0.300 e. The standard InChI is InChI=1S/C13H27N/c1-4-6-9-13(5-2)11-14-10-7-8-12(14)3/h12-13H,4-11H2,1-3H3. The predicted octanol–water partition coefficient (Wildman–Crippen LogP) is 3.69. The highest BCUT2D eigenvalue weighted by molar-refractivity contribution is 4.77. The molecule has 1 saturated heterocycles. The van der Waals surface area contributed by atoms with Gasteiger partial charge in [0.05, 0.1) is 0 Å². The van der Waals surface area contributed by atoms with Gasteiger partial charge in [0.25, 0.3) is 0 Å². The SMILES string of the molecule is CCCCC(CC)CN1CCCC1C. The van der Waals surface area contributed by atoms with Gasteiger partial charge in [0.1, 0.15) is 0 Å². The Labute approximate surface area is 89.9 Å². The monoisotopic (exact) mass is 197 g/mol. The molecule has 1 aliphatic heterocycles. The lowest BCUT2D eigenvalue weighted by Crippen LogP contribution is -2.32. The lowest BCUT2D eigenvalue weighted by Gasteiger charge is -2.26. The van der Waals surface area contributed by atoms with Gasteiger partial charge in [-0.05, 0) is 38.6 Å². The molecule has 14 heavy (non-hydrogen) atoms. The van der Waals surface area contributed by atoms with Gasteiger partial charge in [-0.1, -0.05) is 33.1 Å². The van der Waals surface area contributed by atoms with E-state index >= 15 is 0 Å². The van der Waals surface area contributed by atoms with E-state index in [1.165, 1.54) is 51.6 Å². The smallest absolute Gasteiger partial charge is 0.00675 e. The molecule has 0 radical (unpaired) electrons. The molecule has 1 fully saturated rings. The first-order valence-corrected chi connectivity index (χ1v) is 6.52. The van der Waals surface area contributed by atoms with Gasteiger partial charge in [-0.15, -0.1) is 0 Å². The summed E-state index contributed by atoms with van der Waals surface area (Å²) in [4.78, 5) is 2.70. The zero-order chi connectivity index (χ0) is 10.4. The molecule has 0 N–H and O–H groups in total. The van der Waals surface area contributed by atoms with E-state index in [0.29, 0.717) is 0 Å². The second kappa shape index (κ2) is 6.44. The van der Waals surface area contributed by atoms with Crippen molar-refractivity contribution in [1.82, 2.24) is 4.90 Å². The van der Waals surface area contributed by atoms with Crippen LogP contribution >= 0.6 is 0 Å². The van der Waals surface area contributed by atoms with Crippen LogP contribution in [0.1, 0.15) is 59.3 Å². The van der Waals surface area contributed by atoms with E-state index in [0.717, 1.165) is 12.0 Å². The molecule has 0 spiro atoms. The third-order valence-corrected chi connectivity index (χ3v) is 3.73. The van der Waals surface area contributed by atoms with Crippen molar-refractivity contribution in [2.75, 3.05) is 13.1 Å². The Morgan fingerprint density at radius 1 is 1.36 bits per heavy atom. The van der Waals surface area contributed by atoms with Gasteiger partial charge in [0.2, 0.25) is 0 Å². The molecule has 0 bridgehead atoms. The van der Waals surface area contributed by atoms with Crippen LogP contribution in [0, 0.1) is 5.92 Å². The second-order valence-electron chi connectivity index (χ2n) is 4.90. The van der Waals surface area contributed by atoms with Crippen molar-refractivity contribution >= 4 is 0 Å². The molecule has 84 valence electrons. The summed E-state index contributed by atoms with van der Waals surface area (Å²) in [6, 6.07) is 0.852. The van der Waals surface area contributed by atoms with E-state index in [1.54, 1.807) is 0 Å². The van der Waals surface area contributed by atoms with Gasteiger partial charge < -0.3 is 4.90 Å². The van der Waals surface area contributed by atoms with Gasteiger partial charge >= 0.3 is 0 Å². The van der Waals surface area contributed by atoms with Crippen molar-refractivity contribution < 1.29 is 0 Å². The molecule has 0 aliphatic carbocycles. The number of hydrogen-bond donors (Lipinski definition) is 0. The number of rotatable bonds is 6. The predicted molar refractivity (Wildman–Crippen MR) is 63.6 cm³/mol. The molecule has 0 saturated carbocycles. The minimum atomic E-state index is 0.852. The van der Waals surface area contributed by atoms with Crippen LogP contribution in [0.3, 0.4) is 0 Å². The highest BCUT2D eigenvalue weighted by atomic mass is 15.2. The van der Waals surface area contributed by atoms with Crippen molar-refractivity contribution in [2.45, 2.75) is 65.3 Å². The maximum absolute atomic E-state index is 2.70. The average molecular weight is 197 g/mol. The molecule has 2 unspecified atom stereocenters. The molecule has 1 heterocycles. The fraction of sp³-hybridized carbons (Fsp3) is 1.00. The molecule has 1 rings (SSSR count). The van der Waals surface area contributed by atoms with E-state index < -0.39 is 0 Å². The number of nitrogens with zero attached hydrogens (tertiary/aromatic N) is 1. The topological polar surface area (TPSA) is 3.24 Å². The first-order chi connectivity index (χ1) is 6.77. The van der Waals surface area contributed by atoms with Crippen LogP contribution in [0.25, 0.3) is 0 Å². The van der Waals surface area contributed by atoms with Crippen LogP contribution in [-0.2, 0) is 0 Å². The van der Waals surface area contributed by atoms with Crippen LogP contribution in [0.2, 0.25) is 0 Å². The van der Waals surface area contributed by atoms with Gasteiger partial charge in [-0.2, -0.15) is 0 Å². The number of hydrogen-bond acceptors (Lipinski definition) is 1. The van der Waals surface area contributed by atoms with E-state index in [9.17, 15) is 0 Å². The summed E-state index contributed by atoms with van der Waals surface area (Å²) in [6.07, 6.45) is 8.42. The molecule has 0 amide bonds. The summed E-state index contributed by atoms with van der Waals surface area (Å²) in [6.45, 7) is 9.74. The Balaban J connectivity index is 2.24. The zero-order valence-corrected chi connectivity index (χ0v) is 10.3. The van der Waals surface area contributed by atoms with Gasteiger partial charge in [0.15, 0.2) is 0 Å². The van der Waals surface area contributed by atoms with Gasteiger partial charge in [-0.25, -0.2) is 0 Å². The lowest BCUT2D eigenvalue weighted by atomic mass is 9.98. The molecule has 2 atom stereocenters. The summed E-state index contributed by atoms with van der Waals surface area (Å²) in [7, 11) is 0. The molecule has 1 heteroatoms. The normalized spacial score (nSPS) is 25.5. The summed E-state index contributed by atoms with van der Waals surface area (Å²) < 4.78 is 0. The first-order valence-electron chi connectivity index (χ1n) is 6.52. The van der Waals surface area contributed by atoms with Crippen LogP contribution in [0.5, 0.6) is 0 Å². The van der Waals surface area contributed by atoms with Crippen molar-refractivity contribution in [3.8, 4) is 0 Å². The summed E-state index contributed by atoms with van der Waals surface area (Å²) in [5.74, 6) is 0.954. The zero-order valence-electron chi connectivity index (χ0n) is 10.3. The number of likely N-dealkylation sites (tertiary alicyclic amines) is 1. The Hall–Kier alpha value is -0.0400. The van der Waals surface area contributed by atoms with Crippen molar-refractivity contribution in [3.05, 3.63) is 0 Å². The Morgan fingerprint density at radius 3 is 2.64 bits per heavy atom. The van der Waals surface area contributed by atoms with Crippen LogP contribution in [0.4, 0.5) is 0 Å². The maximum Gasteiger partial charge on any atom is 0.00675 e. The van der Waals surface area contributed by atoms with E-state index in [2.05, 4.69) is 25.7 Å².